The predicted molar refractivity (Wildman–Crippen MR) is 202 cm³/mol. The molecule has 2 atom stereocenters. The van der Waals surface area contributed by atoms with E-state index in [1.54, 1.807) is 87.1 Å². The van der Waals surface area contributed by atoms with Crippen molar-refractivity contribution in [3.05, 3.63) is 118 Å². The molecule has 0 saturated heterocycles. The summed E-state index contributed by atoms with van der Waals surface area (Å²) in [7, 11) is 0. The molecule has 12 heteroatoms. The SMILES string of the molecule is CCOC(=O)C(Oc1ccc(Cl)c(-n2nnc3c(C)c(C(=O)NC4CCCc5ccccc54)ccc32)c1)c1cn(C(=O)OC(C)(C)C)c2ccccc12. The number of aryl methyl sites for hydroxylation is 2. The Balaban J connectivity index is 1.20. The van der Waals surface area contributed by atoms with Gasteiger partial charge in [-0.15, -0.1) is 5.10 Å². The van der Waals surface area contributed by atoms with Crippen molar-refractivity contribution in [1.29, 1.82) is 0 Å². The molecule has 0 aliphatic heterocycles. The smallest absolute Gasteiger partial charge is 0.419 e. The number of hydrogen-bond acceptors (Lipinski definition) is 8. The minimum absolute atomic E-state index is 0.0629. The van der Waals surface area contributed by atoms with Crippen LogP contribution in [0, 0.1) is 6.92 Å². The first-order chi connectivity index (χ1) is 25.4. The fourth-order valence-corrected chi connectivity index (χ4v) is 7.08. The van der Waals surface area contributed by atoms with E-state index in [-0.39, 0.29) is 18.6 Å². The van der Waals surface area contributed by atoms with Gasteiger partial charge in [0.2, 0.25) is 6.10 Å². The maximum absolute atomic E-state index is 13.6. The second-order valence-corrected chi connectivity index (χ2v) is 14.4. The van der Waals surface area contributed by atoms with Crippen molar-refractivity contribution in [3.8, 4) is 11.4 Å². The molecule has 0 fully saturated rings. The average molecular weight is 734 g/mol. The number of fused-ring (bicyclic) bond motifs is 3. The standard InChI is InChI=1S/C41H40ClN5O6/c1-6-51-39(49)37(30-23-46(40(50)53-41(3,4)5)33-17-10-9-15-29(30)33)52-26-18-20-31(42)35(22-26)47-34-21-19-27(24(2)36(34)44-45-47)38(48)43-32-16-11-13-25-12-7-8-14-28(25)32/h7-10,12,14-15,17-23,32,37H,6,11,13,16H2,1-5H3,(H,43,48). The summed E-state index contributed by atoms with van der Waals surface area (Å²) in [4.78, 5) is 40.3. The number of para-hydroxylation sites is 1. The summed E-state index contributed by atoms with van der Waals surface area (Å²) < 4.78 is 20.4. The van der Waals surface area contributed by atoms with Gasteiger partial charge in [0.15, 0.2) is 0 Å². The summed E-state index contributed by atoms with van der Waals surface area (Å²) in [5.74, 6) is -0.520. The molecule has 2 aromatic heterocycles. The highest BCUT2D eigenvalue weighted by atomic mass is 35.5. The van der Waals surface area contributed by atoms with Crippen molar-refractivity contribution in [2.45, 2.75) is 71.6 Å². The van der Waals surface area contributed by atoms with Gasteiger partial charge in [-0.1, -0.05) is 59.3 Å². The number of aromatic nitrogens is 4. The number of amides is 1. The summed E-state index contributed by atoms with van der Waals surface area (Å²) >= 11 is 6.74. The summed E-state index contributed by atoms with van der Waals surface area (Å²) in [6.07, 6.45) is 2.60. The van der Waals surface area contributed by atoms with Gasteiger partial charge in [0.25, 0.3) is 5.91 Å². The van der Waals surface area contributed by atoms with Crippen molar-refractivity contribution < 1.29 is 28.6 Å². The number of hydrogen-bond donors (Lipinski definition) is 1. The number of esters is 1. The van der Waals surface area contributed by atoms with Crippen LogP contribution in [-0.2, 0) is 20.7 Å². The molecular formula is C41H40ClN5O6. The molecule has 0 bridgehead atoms. The van der Waals surface area contributed by atoms with Gasteiger partial charge >= 0.3 is 12.1 Å². The van der Waals surface area contributed by atoms with E-state index < -0.39 is 23.8 Å². The minimum atomic E-state index is -1.25. The first-order valence-corrected chi connectivity index (χ1v) is 18.0. The molecule has 6 aromatic rings. The van der Waals surface area contributed by atoms with E-state index >= 15 is 0 Å². The molecule has 1 N–H and O–H groups in total. The number of halogens is 1. The van der Waals surface area contributed by atoms with Gasteiger partial charge in [-0.3, -0.25) is 9.36 Å². The summed E-state index contributed by atoms with van der Waals surface area (Å²) in [6.45, 7) is 9.03. The Hall–Kier alpha value is -5.68. The second-order valence-electron chi connectivity index (χ2n) is 14.0. The number of benzene rings is 4. The number of carbonyl (C=O) groups is 3. The van der Waals surface area contributed by atoms with E-state index in [9.17, 15) is 14.4 Å². The van der Waals surface area contributed by atoms with Crippen molar-refractivity contribution in [1.82, 2.24) is 24.9 Å². The lowest BCUT2D eigenvalue weighted by atomic mass is 9.87. The van der Waals surface area contributed by atoms with E-state index in [2.05, 4.69) is 27.8 Å². The first-order valence-electron chi connectivity index (χ1n) is 17.6. The molecule has 53 heavy (non-hydrogen) atoms. The van der Waals surface area contributed by atoms with Crippen LogP contribution in [0.3, 0.4) is 0 Å². The number of ether oxygens (including phenoxy) is 3. The van der Waals surface area contributed by atoms with Crippen LogP contribution in [0.2, 0.25) is 5.02 Å². The molecule has 272 valence electrons. The number of carbonyl (C=O) groups excluding carboxylic acids is 3. The van der Waals surface area contributed by atoms with Crippen LogP contribution >= 0.6 is 11.6 Å². The molecule has 1 aliphatic carbocycles. The van der Waals surface area contributed by atoms with Crippen molar-refractivity contribution in [3.63, 3.8) is 0 Å². The molecule has 7 rings (SSSR count). The molecular weight excluding hydrogens is 694 g/mol. The maximum atomic E-state index is 13.6. The van der Waals surface area contributed by atoms with Crippen LogP contribution < -0.4 is 10.1 Å². The highest BCUT2D eigenvalue weighted by Gasteiger charge is 2.31. The Morgan fingerprint density at radius 2 is 1.77 bits per heavy atom. The molecule has 0 saturated carbocycles. The summed E-state index contributed by atoms with van der Waals surface area (Å²) in [5, 5.41) is 13.1. The number of nitrogens with one attached hydrogen (secondary N) is 1. The van der Waals surface area contributed by atoms with Gasteiger partial charge in [-0.2, -0.15) is 0 Å². The van der Waals surface area contributed by atoms with Gasteiger partial charge in [0, 0.05) is 28.8 Å². The van der Waals surface area contributed by atoms with E-state index in [1.165, 1.54) is 10.1 Å². The van der Waals surface area contributed by atoms with E-state index in [0.29, 0.717) is 55.1 Å². The van der Waals surface area contributed by atoms with Crippen molar-refractivity contribution >= 4 is 51.5 Å². The van der Waals surface area contributed by atoms with Crippen LogP contribution in [0.1, 0.15) is 85.3 Å². The largest absolute Gasteiger partial charge is 0.474 e. The molecule has 0 radical (unpaired) electrons. The molecule has 11 nitrogen and oxygen atoms in total. The number of rotatable bonds is 8. The zero-order valence-corrected chi connectivity index (χ0v) is 30.9. The van der Waals surface area contributed by atoms with E-state index in [1.807, 2.05) is 25.1 Å². The zero-order valence-electron chi connectivity index (χ0n) is 30.2. The lowest BCUT2D eigenvalue weighted by Gasteiger charge is -2.26. The van der Waals surface area contributed by atoms with Gasteiger partial charge in [0.1, 0.15) is 16.9 Å². The zero-order chi connectivity index (χ0) is 37.4. The van der Waals surface area contributed by atoms with Crippen LogP contribution in [0.25, 0.3) is 27.6 Å². The lowest BCUT2D eigenvalue weighted by molar-refractivity contribution is -0.151. The molecule has 1 amide bonds. The first kappa shape index (κ1) is 35.7. The van der Waals surface area contributed by atoms with Crippen LogP contribution in [0.15, 0.2) is 85.1 Å². The fourth-order valence-electron chi connectivity index (χ4n) is 6.88. The average Bonchev–Trinajstić information content (AvgIpc) is 3.74. The van der Waals surface area contributed by atoms with E-state index in [0.717, 1.165) is 24.8 Å². The fraction of sp³-hybridized carbons (Fsp3) is 0.293. The monoisotopic (exact) mass is 733 g/mol. The van der Waals surface area contributed by atoms with Gasteiger partial charge < -0.3 is 19.5 Å². The van der Waals surface area contributed by atoms with Crippen LogP contribution in [0.4, 0.5) is 4.79 Å². The maximum Gasteiger partial charge on any atom is 0.419 e. The molecule has 4 aromatic carbocycles. The topological polar surface area (TPSA) is 127 Å². The summed E-state index contributed by atoms with van der Waals surface area (Å²) in [6, 6.07) is 23.9. The van der Waals surface area contributed by atoms with Crippen LogP contribution in [-0.4, -0.2) is 49.7 Å². The van der Waals surface area contributed by atoms with Gasteiger partial charge in [-0.25, -0.2) is 14.3 Å². The predicted octanol–water partition coefficient (Wildman–Crippen LogP) is 8.61. The highest BCUT2D eigenvalue weighted by molar-refractivity contribution is 6.32. The Bertz CT molecular complexity index is 2370. The summed E-state index contributed by atoms with van der Waals surface area (Å²) in [5.41, 5.74) is 5.47. The third-order valence-corrected chi connectivity index (χ3v) is 9.63. The molecule has 0 spiro atoms. The van der Waals surface area contributed by atoms with Crippen molar-refractivity contribution in [2.75, 3.05) is 6.61 Å². The van der Waals surface area contributed by atoms with E-state index in [4.69, 9.17) is 25.8 Å². The normalized spacial score (nSPS) is 14.8. The quantitative estimate of drug-likeness (QED) is 0.154. The lowest BCUT2D eigenvalue weighted by Crippen LogP contribution is -2.31. The molecule has 2 heterocycles. The third kappa shape index (κ3) is 7.09. The Kier molecular flexibility index (Phi) is 9.69. The highest BCUT2D eigenvalue weighted by Crippen LogP contribution is 2.35. The minimum Gasteiger partial charge on any atom is -0.474 e. The van der Waals surface area contributed by atoms with Crippen LogP contribution in [0.5, 0.6) is 5.75 Å². The Labute approximate surface area is 311 Å². The van der Waals surface area contributed by atoms with Crippen molar-refractivity contribution in [2.24, 2.45) is 0 Å². The second kappa shape index (κ2) is 14.4. The number of nitrogens with zero attached hydrogens (tertiary/aromatic N) is 4. The molecule has 2 unspecified atom stereocenters. The Morgan fingerprint density at radius 3 is 2.57 bits per heavy atom. The Morgan fingerprint density at radius 1 is 1.00 bits per heavy atom. The van der Waals surface area contributed by atoms with Gasteiger partial charge in [-0.05, 0) is 101 Å². The molecule has 1 aliphatic rings. The third-order valence-electron chi connectivity index (χ3n) is 9.31. The van der Waals surface area contributed by atoms with Gasteiger partial charge in [0.05, 0.1) is 34.4 Å².